The average Bonchev–Trinajstić information content (AvgIpc) is 2.68. The number of anilines is 1. The van der Waals surface area contributed by atoms with E-state index >= 15 is 0 Å². The van der Waals surface area contributed by atoms with E-state index in [0.717, 1.165) is 5.39 Å². The second-order valence-corrected chi connectivity index (χ2v) is 5.29. The number of aliphatic hydroxyl groups is 1. The summed E-state index contributed by atoms with van der Waals surface area (Å²) < 4.78 is 1.81. The lowest BCUT2D eigenvalue weighted by Crippen LogP contribution is -2.23. The number of nitrogens with one attached hydrogen (secondary N) is 1. The van der Waals surface area contributed by atoms with Gasteiger partial charge < -0.3 is 10.4 Å². The maximum Gasteiger partial charge on any atom is 0.226 e. The largest absolute Gasteiger partial charge is 0.395 e. The zero-order valence-electron chi connectivity index (χ0n) is 10.6. The number of halogens is 1. The molecule has 0 aliphatic carbocycles. The van der Waals surface area contributed by atoms with E-state index in [1.54, 1.807) is 10.9 Å². The molecule has 0 atom stereocenters. The van der Waals surface area contributed by atoms with Gasteiger partial charge in [-0.05, 0) is 32.4 Å². The van der Waals surface area contributed by atoms with Crippen LogP contribution in [0.5, 0.6) is 0 Å². The Labute approximate surface area is 110 Å². The summed E-state index contributed by atoms with van der Waals surface area (Å²) in [7, 11) is 0. The Morgan fingerprint density at radius 2 is 2.11 bits per heavy atom. The molecule has 0 saturated carbocycles. The van der Waals surface area contributed by atoms with Gasteiger partial charge in [0.05, 0.1) is 23.7 Å². The van der Waals surface area contributed by atoms with Gasteiger partial charge in [-0.15, -0.1) is 0 Å². The maximum atomic E-state index is 8.84. The Hall–Kier alpha value is -1.40. The lowest BCUT2D eigenvalue weighted by molar-refractivity contribution is 0.311. The summed E-state index contributed by atoms with van der Waals surface area (Å²) in [6, 6.07) is 0. The molecule has 18 heavy (non-hydrogen) atoms. The molecule has 2 N–H and O–H groups in total. The van der Waals surface area contributed by atoms with Crippen LogP contribution in [0.25, 0.3) is 11.0 Å². The van der Waals surface area contributed by atoms with Crippen molar-refractivity contribution < 1.29 is 5.11 Å². The fourth-order valence-corrected chi connectivity index (χ4v) is 1.85. The number of hydrogen-bond acceptors (Lipinski definition) is 5. The molecule has 0 amide bonds. The van der Waals surface area contributed by atoms with Gasteiger partial charge in [-0.25, -0.2) is 4.68 Å². The summed E-state index contributed by atoms with van der Waals surface area (Å²) in [5.41, 5.74) is 0.496. The molecule has 0 saturated heterocycles. The molecule has 98 valence electrons. The Morgan fingerprint density at radius 3 is 2.72 bits per heavy atom. The highest BCUT2D eigenvalue weighted by atomic mass is 35.5. The predicted octanol–water partition coefficient (Wildman–Crippen LogP) is 1.64. The molecule has 0 unspecified atom stereocenters. The summed E-state index contributed by atoms with van der Waals surface area (Å²) in [4.78, 5) is 8.34. The fourth-order valence-electron chi connectivity index (χ4n) is 1.68. The molecule has 0 spiro atoms. The first kappa shape index (κ1) is 13.0. The summed E-state index contributed by atoms with van der Waals surface area (Å²) in [5.74, 6) is 0.592. The molecule has 2 rings (SSSR count). The summed E-state index contributed by atoms with van der Waals surface area (Å²) in [6.45, 7) is 6.54. The average molecular weight is 270 g/mol. The minimum atomic E-state index is -0.187. The first-order valence-corrected chi connectivity index (χ1v) is 6.08. The third-order valence-corrected chi connectivity index (χ3v) is 2.61. The summed E-state index contributed by atoms with van der Waals surface area (Å²) in [5, 5.41) is 17.1. The Balaban J connectivity index is 2.58. The van der Waals surface area contributed by atoms with Crippen LogP contribution in [-0.4, -0.2) is 38.0 Å². The highest BCUT2D eigenvalue weighted by Gasteiger charge is 2.20. The normalized spacial score (nSPS) is 12.1. The molecular weight excluding hydrogens is 254 g/mol. The zero-order valence-corrected chi connectivity index (χ0v) is 11.4. The van der Waals surface area contributed by atoms with Gasteiger partial charge >= 0.3 is 0 Å². The molecule has 6 nitrogen and oxygen atoms in total. The second kappa shape index (κ2) is 4.70. The molecule has 2 aromatic heterocycles. The van der Waals surface area contributed by atoms with Gasteiger partial charge in [0, 0.05) is 6.54 Å². The predicted molar refractivity (Wildman–Crippen MR) is 70.9 cm³/mol. The van der Waals surface area contributed by atoms with E-state index in [0.29, 0.717) is 18.0 Å². The molecule has 2 heterocycles. The third kappa shape index (κ3) is 2.39. The van der Waals surface area contributed by atoms with Gasteiger partial charge in [0.2, 0.25) is 5.28 Å². The molecule has 0 aliphatic heterocycles. The van der Waals surface area contributed by atoms with E-state index in [1.165, 1.54) is 0 Å². The van der Waals surface area contributed by atoms with Crippen LogP contribution in [0.4, 0.5) is 5.82 Å². The SMILES string of the molecule is CC(C)(C)n1ncc2c(NCCO)nc(Cl)nc21. The topological polar surface area (TPSA) is 75.9 Å². The number of nitrogens with zero attached hydrogens (tertiary/aromatic N) is 4. The van der Waals surface area contributed by atoms with Crippen LogP contribution >= 0.6 is 11.6 Å². The van der Waals surface area contributed by atoms with Gasteiger partial charge in [-0.2, -0.15) is 15.1 Å². The zero-order chi connectivity index (χ0) is 13.3. The minimum Gasteiger partial charge on any atom is -0.395 e. The number of aliphatic hydroxyl groups excluding tert-OH is 1. The standard InChI is InChI=1S/C11H16ClN5O/c1-11(2,3)17-9-7(6-14-17)8(13-4-5-18)15-10(12)16-9/h6,18H,4-5H2,1-3H3,(H,13,15,16). The van der Waals surface area contributed by atoms with Crippen LogP contribution in [0.1, 0.15) is 20.8 Å². The number of aromatic nitrogens is 4. The van der Waals surface area contributed by atoms with Crippen LogP contribution in [0.15, 0.2) is 6.20 Å². The molecule has 7 heteroatoms. The second-order valence-electron chi connectivity index (χ2n) is 4.96. The quantitative estimate of drug-likeness (QED) is 0.829. The maximum absolute atomic E-state index is 8.84. The van der Waals surface area contributed by atoms with E-state index in [2.05, 4.69) is 20.4 Å². The van der Waals surface area contributed by atoms with Gasteiger partial charge in [0.25, 0.3) is 0 Å². The first-order valence-electron chi connectivity index (χ1n) is 5.70. The van der Waals surface area contributed by atoms with Crippen molar-refractivity contribution >= 4 is 28.5 Å². The van der Waals surface area contributed by atoms with Crippen molar-refractivity contribution in [1.29, 1.82) is 0 Å². The van der Waals surface area contributed by atoms with E-state index < -0.39 is 0 Å². The first-order chi connectivity index (χ1) is 8.43. The number of rotatable bonds is 3. The molecule has 0 bridgehead atoms. The molecule has 0 aliphatic rings. The van der Waals surface area contributed by atoms with Crippen LogP contribution in [-0.2, 0) is 5.54 Å². The molecular formula is C11H16ClN5O. The molecule has 0 radical (unpaired) electrons. The van der Waals surface area contributed by atoms with Crippen LogP contribution < -0.4 is 5.32 Å². The van der Waals surface area contributed by atoms with Crippen molar-refractivity contribution in [2.75, 3.05) is 18.5 Å². The van der Waals surface area contributed by atoms with E-state index in [-0.39, 0.29) is 17.4 Å². The summed E-state index contributed by atoms with van der Waals surface area (Å²) in [6.07, 6.45) is 1.70. The van der Waals surface area contributed by atoms with Crippen molar-refractivity contribution in [3.05, 3.63) is 11.5 Å². The van der Waals surface area contributed by atoms with Gasteiger partial charge in [0.15, 0.2) is 5.65 Å². The van der Waals surface area contributed by atoms with Gasteiger partial charge in [-0.3, -0.25) is 0 Å². The van der Waals surface area contributed by atoms with Crippen molar-refractivity contribution in [3.8, 4) is 0 Å². The van der Waals surface area contributed by atoms with Crippen molar-refractivity contribution in [1.82, 2.24) is 19.7 Å². The minimum absolute atomic E-state index is 0.0243. The highest BCUT2D eigenvalue weighted by molar-refractivity contribution is 6.28. The molecule has 0 aromatic carbocycles. The summed E-state index contributed by atoms with van der Waals surface area (Å²) >= 11 is 5.92. The third-order valence-electron chi connectivity index (χ3n) is 2.44. The van der Waals surface area contributed by atoms with Crippen molar-refractivity contribution in [2.24, 2.45) is 0 Å². The van der Waals surface area contributed by atoms with E-state index in [1.807, 2.05) is 20.8 Å². The number of fused-ring (bicyclic) bond motifs is 1. The lowest BCUT2D eigenvalue weighted by Gasteiger charge is -2.19. The van der Waals surface area contributed by atoms with Crippen molar-refractivity contribution in [3.63, 3.8) is 0 Å². The van der Waals surface area contributed by atoms with Crippen molar-refractivity contribution in [2.45, 2.75) is 26.3 Å². The Morgan fingerprint density at radius 1 is 1.39 bits per heavy atom. The van der Waals surface area contributed by atoms with Crippen LogP contribution in [0, 0.1) is 0 Å². The Bertz CT molecular complexity index is 560. The highest BCUT2D eigenvalue weighted by Crippen LogP contribution is 2.25. The van der Waals surface area contributed by atoms with Gasteiger partial charge in [-0.1, -0.05) is 0 Å². The molecule has 2 aromatic rings. The Kier molecular flexibility index (Phi) is 3.41. The molecule has 0 fully saturated rings. The lowest BCUT2D eigenvalue weighted by atomic mass is 10.1. The smallest absolute Gasteiger partial charge is 0.226 e. The number of hydrogen-bond donors (Lipinski definition) is 2. The van der Waals surface area contributed by atoms with Crippen LogP contribution in [0.3, 0.4) is 0 Å². The van der Waals surface area contributed by atoms with Gasteiger partial charge in [0.1, 0.15) is 5.82 Å². The van der Waals surface area contributed by atoms with E-state index in [4.69, 9.17) is 16.7 Å². The van der Waals surface area contributed by atoms with E-state index in [9.17, 15) is 0 Å². The fraction of sp³-hybridized carbons (Fsp3) is 0.545. The monoisotopic (exact) mass is 269 g/mol. The van der Waals surface area contributed by atoms with Crippen LogP contribution in [0.2, 0.25) is 5.28 Å².